The van der Waals surface area contributed by atoms with Crippen LogP contribution >= 0.6 is 0 Å². The normalized spacial score (nSPS) is 31.7. The first kappa shape index (κ1) is 14.1. The minimum atomic E-state index is -0.498. The molecule has 2 heteroatoms. The first-order valence-corrected chi connectivity index (χ1v) is 8.73. The van der Waals surface area contributed by atoms with Gasteiger partial charge in [-0.25, -0.2) is 0 Å². The zero-order valence-corrected chi connectivity index (χ0v) is 13.1. The molecule has 22 heavy (non-hydrogen) atoms. The van der Waals surface area contributed by atoms with Gasteiger partial charge in [-0.2, -0.15) is 0 Å². The number of hydrogen-bond donors (Lipinski definition) is 2. The molecule has 0 aliphatic heterocycles. The van der Waals surface area contributed by atoms with E-state index in [2.05, 4.69) is 47.8 Å². The van der Waals surface area contributed by atoms with E-state index < -0.39 is 5.60 Å². The number of hydrogen-bond acceptors (Lipinski definition) is 2. The van der Waals surface area contributed by atoms with E-state index in [-0.39, 0.29) is 6.04 Å². The maximum atomic E-state index is 11.3. The lowest BCUT2D eigenvalue weighted by Crippen LogP contribution is -2.56. The summed E-state index contributed by atoms with van der Waals surface area (Å²) >= 11 is 0. The van der Waals surface area contributed by atoms with Gasteiger partial charge in [0.2, 0.25) is 0 Å². The summed E-state index contributed by atoms with van der Waals surface area (Å²) in [6, 6.07) is 15.2. The van der Waals surface area contributed by atoms with Crippen LogP contribution in [0, 0.1) is 5.92 Å². The van der Waals surface area contributed by atoms with Crippen LogP contribution in [0.3, 0.4) is 0 Å². The van der Waals surface area contributed by atoms with E-state index in [1.54, 1.807) is 0 Å². The zero-order chi connectivity index (χ0) is 15.0. The largest absolute Gasteiger partial charge is 0.387 e. The number of anilines is 1. The van der Waals surface area contributed by atoms with Crippen LogP contribution in [0.25, 0.3) is 10.8 Å². The summed E-state index contributed by atoms with van der Waals surface area (Å²) in [5.41, 5.74) is 0.644. The Morgan fingerprint density at radius 2 is 1.73 bits per heavy atom. The van der Waals surface area contributed by atoms with Gasteiger partial charge in [0.15, 0.2) is 0 Å². The Bertz CT molecular complexity index is 666. The molecular formula is C20H25NO. The van der Waals surface area contributed by atoms with Crippen molar-refractivity contribution in [3.05, 3.63) is 42.5 Å². The molecule has 2 aromatic rings. The van der Waals surface area contributed by atoms with Gasteiger partial charge in [0.1, 0.15) is 0 Å². The molecule has 0 aromatic heterocycles. The van der Waals surface area contributed by atoms with Gasteiger partial charge in [0, 0.05) is 5.69 Å². The summed E-state index contributed by atoms with van der Waals surface area (Å²) in [5, 5.41) is 17.5. The summed E-state index contributed by atoms with van der Waals surface area (Å²) in [5.74, 6) is 0.493. The van der Waals surface area contributed by atoms with Crippen molar-refractivity contribution in [2.45, 2.75) is 56.6 Å². The third-order valence-electron chi connectivity index (χ3n) is 5.83. The lowest BCUT2D eigenvalue weighted by atomic mass is 9.65. The maximum Gasteiger partial charge on any atom is 0.0875 e. The number of fused-ring (bicyclic) bond motifs is 2. The molecule has 3 atom stereocenters. The Morgan fingerprint density at radius 1 is 0.909 bits per heavy atom. The van der Waals surface area contributed by atoms with E-state index in [9.17, 15) is 5.11 Å². The van der Waals surface area contributed by atoms with E-state index in [1.807, 2.05) is 0 Å². The molecule has 0 saturated heterocycles. The molecular weight excluding hydrogens is 270 g/mol. The Labute approximate surface area is 132 Å². The van der Waals surface area contributed by atoms with E-state index >= 15 is 0 Å². The van der Waals surface area contributed by atoms with Gasteiger partial charge in [-0.3, -0.25) is 0 Å². The summed E-state index contributed by atoms with van der Waals surface area (Å²) in [4.78, 5) is 0. The van der Waals surface area contributed by atoms with Gasteiger partial charge in [-0.1, -0.05) is 49.6 Å². The molecule has 2 aliphatic carbocycles. The SMILES string of the molecule is OC12CCCCC1CCCC2Nc1ccc2ccccc2c1. The standard InChI is InChI=1S/C20H25NO/c22-20-13-4-3-8-17(20)9-5-10-19(20)21-18-12-11-15-6-1-2-7-16(15)14-18/h1-2,6-7,11-12,14,17,19,21-22H,3-5,8-10,13H2. The highest BCUT2D eigenvalue weighted by atomic mass is 16.3. The fraction of sp³-hybridized carbons (Fsp3) is 0.500. The Morgan fingerprint density at radius 3 is 2.64 bits per heavy atom. The number of aliphatic hydroxyl groups is 1. The highest BCUT2D eigenvalue weighted by Crippen LogP contribution is 2.44. The molecule has 2 nitrogen and oxygen atoms in total. The summed E-state index contributed by atoms with van der Waals surface area (Å²) in [6.07, 6.45) is 8.14. The van der Waals surface area contributed by atoms with E-state index in [0.717, 1.165) is 18.5 Å². The van der Waals surface area contributed by atoms with Crippen molar-refractivity contribution < 1.29 is 5.11 Å². The second kappa shape index (κ2) is 5.58. The van der Waals surface area contributed by atoms with Crippen LogP contribution in [0.5, 0.6) is 0 Å². The third kappa shape index (κ3) is 2.40. The van der Waals surface area contributed by atoms with E-state index in [0.29, 0.717) is 5.92 Å². The summed E-state index contributed by atoms with van der Waals surface area (Å²) < 4.78 is 0. The highest BCUT2D eigenvalue weighted by molar-refractivity contribution is 5.85. The fourth-order valence-corrected chi connectivity index (χ4v) is 4.60. The minimum absolute atomic E-state index is 0.202. The van der Waals surface area contributed by atoms with Gasteiger partial charge in [0.05, 0.1) is 11.6 Å². The molecule has 2 aliphatic rings. The lowest BCUT2D eigenvalue weighted by Gasteiger charge is -2.49. The zero-order valence-electron chi connectivity index (χ0n) is 13.1. The number of nitrogens with one attached hydrogen (secondary N) is 1. The topological polar surface area (TPSA) is 32.3 Å². The monoisotopic (exact) mass is 295 g/mol. The van der Waals surface area contributed by atoms with Gasteiger partial charge in [-0.05, 0) is 54.5 Å². The van der Waals surface area contributed by atoms with Crippen molar-refractivity contribution >= 4 is 16.5 Å². The number of rotatable bonds is 2. The third-order valence-corrected chi connectivity index (χ3v) is 5.83. The first-order valence-electron chi connectivity index (χ1n) is 8.73. The molecule has 2 N–H and O–H groups in total. The minimum Gasteiger partial charge on any atom is -0.387 e. The molecule has 3 unspecified atom stereocenters. The average molecular weight is 295 g/mol. The fourth-order valence-electron chi connectivity index (χ4n) is 4.60. The van der Waals surface area contributed by atoms with Crippen molar-refractivity contribution in [2.75, 3.05) is 5.32 Å². The highest BCUT2D eigenvalue weighted by Gasteiger charge is 2.47. The van der Waals surface area contributed by atoms with Crippen molar-refractivity contribution in [3.63, 3.8) is 0 Å². The maximum absolute atomic E-state index is 11.3. The Hall–Kier alpha value is -1.54. The Kier molecular flexibility index (Phi) is 3.57. The predicted octanol–water partition coefficient (Wildman–Crippen LogP) is 4.73. The van der Waals surface area contributed by atoms with Crippen LogP contribution in [0.1, 0.15) is 44.9 Å². The van der Waals surface area contributed by atoms with Gasteiger partial charge in [0.25, 0.3) is 0 Å². The molecule has 0 bridgehead atoms. The average Bonchev–Trinajstić information content (AvgIpc) is 2.55. The smallest absolute Gasteiger partial charge is 0.0875 e. The molecule has 0 heterocycles. The van der Waals surface area contributed by atoms with Crippen LogP contribution < -0.4 is 5.32 Å². The van der Waals surface area contributed by atoms with Gasteiger partial charge >= 0.3 is 0 Å². The molecule has 2 aromatic carbocycles. The lowest BCUT2D eigenvalue weighted by molar-refractivity contribution is -0.0835. The quantitative estimate of drug-likeness (QED) is 0.840. The van der Waals surface area contributed by atoms with Crippen LogP contribution in [-0.2, 0) is 0 Å². The van der Waals surface area contributed by atoms with Crippen LogP contribution in [0.15, 0.2) is 42.5 Å². The van der Waals surface area contributed by atoms with E-state index in [1.165, 1.54) is 42.9 Å². The number of benzene rings is 2. The van der Waals surface area contributed by atoms with Crippen LogP contribution in [0.2, 0.25) is 0 Å². The molecule has 0 spiro atoms. The first-order chi connectivity index (χ1) is 10.8. The van der Waals surface area contributed by atoms with Crippen LogP contribution in [-0.4, -0.2) is 16.7 Å². The van der Waals surface area contributed by atoms with Crippen molar-refractivity contribution in [1.29, 1.82) is 0 Å². The second-order valence-corrected chi connectivity index (χ2v) is 7.12. The molecule has 2 saturated carbocycles. The van der Waals surface area contributed by atoms with Gasteiger partial charge < -0.3 is 10.4 Å². The molecule has 0 amide bonds. The van der Waals surface area contributed by atoms with Crippen LogP contribution in [0.4, 0.5) is 5.69 Å². The Balaban J connectivity index is 1.60. The molecule has 4 rings (SSSR count). The van der Waals surface area contributed by atoms with Crippen molar-refractivity contribution in [2.24, 2.45) is 5.92 Å². The second-order valence-electron chi connectivity index (χ2n) is 7.12. The van der Waals surface area contributed by atoms with Crippen molar-refractivity contribution in [3.8, 4) is 0 Å². The predicted molar refractivity (Wildman–Crippen MR) is 92.1 cm³/mol. The summed E-state index contributed by atoms with van der Waals surface area (Å²) in [6.45, 7) is 0. The molecule has 2 fully saturated rings. The van der Waals surface area contributed by atoms with Gasteiger partial charge in [-0.15, -0.1) is 0 Å². The molecule has 116 valence electrons. The van der Waals surface area contributed by atoms with E-state index in [4.69, 9.17) is 0 Å². The van der Waals surface area contributed by atoms with Crippen molar-refractivity contribution in [1.82, 2.24) is 0 Å². The molecule has 0 radical (unpaired) electrons. The summed E-state index contributed by atoms with van der Waals surface area (Å²) in [7, 11) is 0.